The third kappa shape index (κ3) is 5.44. The summed E-state index contributed by atoms with van der Waals surface area (Å²) in [6.07, 6.45) is 9.11. The van der Waals surface area contributed by atoms with E-state index in [9.17, 15) is 4.39 Å². The zero-order valence-corrected chi connectivity index (χ0v) is 18.7. The molecule has 0 bridgehead atoms. The van der Waals surface area contributed by atoms with Crippen molar-refractivity contribution in [3.05, 3.63) is 103 Å². The second kappa shape index (κ2) is 10.0. The van der Waals surface area contributed by atoms with Gasteiger partial charge in [-0.25, -0.2) is 29.0 Å². The molecule has 10 heteroatoms. The van der Waals surface area contributed by atoms with E-state index >= 15 is 0 Å². The highest BCUT2D eigenvalue weighted by Crippen LogP contribution is 2.29. The highest BCUT2D eigenvalue weighted by atomic mass is 19.1. The quantitative estimate of drug-likeness (QED) is 0.353. The Hall–Kier alpha value is -4.73. The average molecular weight is 468 g/mol. The Morgan fingerprint density at radius 3 is 2.46 bits per heavy atom. The predicted octanol–water partition coefficient (Wildman–Crippen LogP) is 3.82. The fraction of sp³-hybridized carbons (Fsp3) is 0.120. The lowest BCUT2D eigenvalue weighted by molar-refractivity contribution is 0.625. The fourth-order valence-corrected chi connectivity index (χ4v) is 3.79. The zero-order chi connectivity index (χ0) is 24.0. The molecular formula is C25H22FN9. The van der Waals surface area contributed by atoms with Crippen molar-refractivity contribution < 1.29 is 4.39 Å². The third-order valence-electron chi connectivity index (χ3n) is 5.42. The number of aryl methyl sites for hydroxylation is 2. The first-order valence-corrected chi connectivity index (χ1v) is 11.0. The lowest BCUT2D eigenvalue weighted by Crippen LogP contribution is -2.08. The van der Waals surface area contributed by atoms with Crippen LogP contribution < -0.4 is 11.1 Å². The molecule has 0 spiro atoms. The average Bonchev–Trinajstić information content (AvgIpc) is 3.37. The van der Waals surface area contributed by atoms with Gasteiger partial charge in [-0.05, 0) is 48.2 Å². The lowest BCUT2D eigenvalue weighted by atomic mass is 10.0. The standard InChI is InChI=1S/C25H22FN9/c26-20-3-1-2-17(10-20)6-9-22-23(19-11-28-14-29-12-19)24(27)34-25(33-22)32-21-7-4-18(5-8-21)13-35-16-30-15-31-35/h1-5,7-8,10-12,14-16H,6,9,13H2,(H3,27,32,33,34). The number of hydrogen-bond acceptors (Lipinski definition) is 8. The van der Waals surface area contributed by atoms with Crippen LogP contribution in [0, 0.1) is 5.82 Å². The van der Waals surface area contributed by atoms with E-state index in [1.54, 1.807) is 29.5 Å². The van der Waals surface area contributed by atoms with E-state index in [0.29, 0.717) is 36.7 Å². The summed E-state index contributed by atoms with van der Waals surface area (Å²) in [5.41, 5.74) is 11.3. The number of benzene rings is 2. The van der Waals surface area contributed by atoms with Crippen LogP contribution in [0.15, 0.2) is 79.9 Å². The van der Waals surface area contributed by atoms with Gasteiger partial charge in [-0.3, -0.25) is 0 Å². The topological polar surface area (TPSA) is 120 Å². The summed E-state index contributed by atoms with van der Waals surface area (Å²) < 4.78 is 15.4. The van der Waals surface area contributed by atoms with Crippen molar-refractivity contribution in [2.45, 2.75) is 19.4 Å². The second-order valence-electron chi connectivity index (χ2n) is 7.93. The predicted molar refractivity (Wildman–Crippen MR) is 130 cm³/mol. The largest absolute Gasteiger partial charge is 0.383 e. The lowest BCUT2D eigenvalue weighted by Gasteiger charge is -2.14. The molecule has 0 aliphatic heterocycles. The molecule has 3 heterocycles. The molecule has 5 rings (SSSR count). The van der Waals surface area contributed by atoms with Crippen LogP contribution in [0.2, 0.25) is 0 Å². The molecule has 0 fully saturated rings. The van der Waals surface area contributed by atoms with Crippen molar-refractivity contribution in [1.29, 1.82) is 0 Å². The molecule has 0 aliphatic rings. The smallest absolute Gasteiger partial charge is 0.229 e. The highest BCUT2D eigenvalue weighted by molar-refractivity contribution is 5.76. The van der Waals surface area contributed by atoms with E-state index in [-0.39, 0.29) is 5.82 Å². The van der Waals surface area contributed by atoms with Gasteiger partial charge in [0.2, 0.25) is 5.95 Å². The maximum Gasteiger partial charge on any atom is 0.229 e. The summed E-state index contributed by atoms with van der Waals surface area (Å²) in [7, 11) is 0. The molecule has 5 aromatic rings. The Labute approximate surface area is 201 Å². The minimum Gasteiger partial charge on any atom is -0.383 e. The van der Waals surface area contributed by atoms with Gasteiger partial charge in [0.05, 0.1) is 12.2 Å². The van der Waals surface area contributed by atoms with Crippen molar-refractivity contribution in [2.75, 3.05) is 11.1 Å². The van der Waals surface area contributed by atoms with E-state index in [2.05, 4.69) is 30.4 Å². The molecule has 0 aliphatic carbocycles. The molecule has 3 N–H and O–H groups in total. The summed E-state index contributed by atoms with van der Waals surface area (Å²) in [5, 5.41) is 7.35. The fourth-order valence-electron chi connectivity index (χ4n) is 3.79. The summed E-state index contributed by atoms with van der Waals surface area (Å²) in [6, 6.07) is 14.4. The van der Waals surface area contributed by atoms with E-state index in [1.165, 1.54) is 24.8 Å². The Kier molecular flexibility index (Phi) is 6.33. The zero-order valence-electron chi connectivity index (χ0n) is 18.7. The Bertz CT molecular complexity index is 1410. The normalized spacial score (nSPS) is 10.9. The van der Waals surface area contributed by atoms with Crippen LogP contribution in [0.1, 0.15) is 16.8 Å². The van der Waals surface area contributed by atoms with Gasteiger partial charge in [0.1, 0.15) is 30.6 Å². The van der Waals surface area contributed by atoms with E-state index in [4.69, 9.17) is 10.7 Å². The van der Waals surface area contributed by atoms with Crippen molar-refractivity contribution in [2.24, 2.45) is 0 Å². The monoisotopic (exact) mass is 467 g/mol. The Morgan fingerprint density at radius 1 is 0.886 bits per heavy atom. The van der Waals surface area contributed by atoms with Crippen molar-refractivity contribution >= 4 is 17.5 Å². The van der Waals surface area contributed by atoms with Gasteiger partial charge in [-0.1, -0.05) is 24.3 Å². The molecule has 35 heavy (non-hydrogen) atoms. The molecule has 0 unspecified atom stereocenters. The number of rotatable bonds is 8. The van der Waals surface area contributed by atoms with Crippen LogP contribution in [0.5, 0.6) is 0 Å². The number of halogens is 1. The van der Waals surface area contributed by atoms with Crippen LogP contribution in [-0.2, 0) is 19.4 Å². The first kappa shape index (κ1) is 22.1. The molecule has 2 aromatic carbocycles. The number of nitrogens with one attached hydrogen (secondary N) is 1. The van der Waals surface area contributed by atoms with Gasteiger partial charge >= 0.3 is 0 Å². The van der Waals surface area contributed by atoms with Gasteiger partial charge in [-0.15, -0.1) is 0 Å². The van der Waals surface area contributed by atoms with Crippen molar-refractivity contribution in [1.82, 2.24) is 34.7 Å². The Balaban J connectivity index is 1.41. The number of anilines is 3. The van der Waals surface area contributed by atoms with Crippen LogP contribution in [-0.4, -0.2) is 34.7 Å². The summed E-state index contributed by atoms with van der Waals surface area (Å²) in [6.45, 7) is 0.627. The van der Waals surface area contributed by atoms with Gasteiger partial charge in [0.15, 0.2) is 0 Å². The van der Waals surface area contributed by atoms with E-state index < -0.39 is 0 Å². The van der Waals surface area contributed by atoms with Crippen LogP contribution in [0.4, 0.5) is 21.8 Å². The molecular weight excluding hydrogens is 445 g/mol. The van der Waals surface area contributed by atoms with Crippen LogP contribution in [0.3, 0.4) is 0 Å². The van der Waals surface area contributed by atoms with E-state index in [0.717, 1.165) is 28.1 Å². The van der Waals surface area contributed by atoms with Gasteiger partial charge in [0.25, 0.3) is 0 Å². The molecule has 0 atom stereocenters. The molecule has 0 radical (unpaired) electrons. The van der Waals surface area contributed by atoms with Crippen molar-refractivity contribution in [3.63, 3.8) is 0 Å². The summed E-state index contributed by atoms with van der Waals surface area (Å²) in [5.74, 6) is 0.423. The van der Waals surface area contributed by atoms with Crippen LogP contribution >= 0.6 is 0 Å². The molecule has 174 valence electrons. The molecule has 3 aromatic heterocycles. The molecule has 0 saturated carbocycles. The minimum atomic E-state index is -0.268. The second-order valence-corrected chi connectivity index (χ2v) is 7.93. The molecule has 0 amide bonds. The minimum absolute atomic E-state index is 0.268. The maximum absolute atomic E-state index is 13.7. The number of aromatic nitrogens is 7. The summed E-state index contributed by atoms with van der Waals surface area (Å²) in [4.78, 5) is 21.4. The SMILES string of the molecule is Nc1nc(Nc2ccc(Cn3cncn3)cc2)nc(CCc2cccc(F)c2)c1-c1cncnc1. The van der Waals surface area contributed by atoms with Gasteiger partial charge in [0, 0.05) is 29.2 Å². The number of hydrogen-bond donors (Lipinski definition) is 2. The van der Waals surface area contributed by atoms with Gasteiger partial charge < -0.3 is 11.1 Å². The number of nitrogens with zero attached hydrogens (tertiary/aromatic N) is 7. The molecule has 0 saturated heterocycles. The third-order valence-corrected chi connectivity index (χ3v) is 5.42. The first-order valence-electron chi connectivity index (χ1n) is 11.0. The first-order chi connectivity index (χ1) is 17.1. The summed E-state index contributed by atoms with van der Waals surface area (Å²) >= 11 is 0. The van der Waals surface area contributed by atoms with Gasteiger partial charge in [-0.2, -0.15) is 10.1 Å². The van der Waals surface area contributed by atoms with E-state index in [1.807, 2.05) is 30.3 Å². The highest BCUT2D eigenvalue weighted by Gasteiger charge is 2.16. The Morgan fingerprint density at radius 2 is 1.71 bits per heavy atom. The van der Waals surface area contributed by atoms with Crippen LogP contribution in [0.25, 0.3) is 11.1 Å². The molecule has 9 nitrogen and oxygen atoms in total. The number of nitrogens with two attached hydrogens (primary N) is 1. The number of nitrogen functional groups attached to an aromatic ring is 1. The maximum atomic E-state index is 13.7. The van der Waals surface area contributed by atoms with Crippen molar-refractivity contribution in [3.8, 4) is 11.1 Å².